The lowest BCUT2D eigenvalue weighted by molar-refractivity contribution is -0.123. The first kappa shape index (κ1) is 23.1. The Morgan fingerprint density at radius 1 is 1.19 bits per heavy atom. The van der Waals surface area contributed by atoms with Crippen molar-refractivity contribution in [1.82, 2.24) is 25.1 Å². The lowest BCUT2D eigenvalue weighted by Gasteiger charge is -2.25. The van der Waals surface area contributed by atoms with Crippen molar-refractivity contribution < 1.29 is 4.79 Å². The molecule has 4 heterocycles. The van der Waals surface area contributed by atoms with Crippen LogP contribution < -0.4 is 10.9 Å². The topological polar surface area (TPSA) is 81.3 Å². The number of rotatable bonds is 5. The minimum absolute atomic E-state index is 0.0665. The molecular formula is C23H31N5O2S2. The summed E-state index contributed by atoms with van der Waals surface area (Å²) in [5, 5.41) is 5.76. The number of amides is 1. The summed E-state index contributed by atoms with van der Waals surface area (Å²) in [6.07, 6.45) is 0.982. The van der Waals surface area contributed by atoms with E-state index in [0.717, 1.165) is 47.9 Å². The van der Waals surface area contributed by atoms with Crippen molar-refractivity contribution >= 4 is 38.8 Å². The molecule has 32 heavy (non-hydrogen) atoms. The van der Waals surface area contributed by atoms with E-state index < -0.39 is 0 Å². The van der Waals surface area contributed by atoms with Crippen molar-refractivity contribution in [2.45, 2.75) is 46.2 Å². The minimum Gasteiger partial charge on any atom is -0.350 e. The summed E-state index contributed by atoms with van der Waals surface area (Å²) in [4.78, 5) is 40.6. The van der Waals surface area contributed by atoms with E-state index in [0.29, 0.717) is 24.3 Å². The summed E-state index contributed by atoms with van der Waals surface area (Å²) < 4.78 is 0. The smallest absolute Gasteiger partial charge is 0.260 e. The molecule has 0 aromatic carbocycles. The van der Waals surface area contributed by atoms with Crippen LogP contribution in [0, 0.1) is 6.92 Å². The quantitative estimate of drug-likeness (QED) is 0.593. The molecule has 1 fully saturated rings. The van der Waals surface area contributed by atoms with Crippen LogP contribution in [-0.2, 0) is 11.3 Å². The van der Waals surface area contributed by atoms with Gasteiger partial charge in [-0.1, -0.05) is 0 Å². The number of fused-ring (bicyclic) bond motifs is 1. The first-order chi connectivity index (χ1) is 15.2. The van der Waals surface area contributed by atoms with Crippen LogP contribution in [0.5, 0.6) is 0 Å². The molecule has 3 aromatic rings. The number of hydrogen-bond donors (Lipinski definition) is 2. The van der Waals surface area contributed by atoms with Crippen LogP contribution in [0.15, 0.2) is 22.3 Å². The molecule has 1 aliphatic heterocycles. The average molecular weight is 474 g/mol. The van der Waals surface area contributed by atoms with Gasteiger partial charge in [-0.05, 0) is 59.3 Å². The zero-order chi connectivity index (χ0) is 22.9. The third-order valence-electron chi connectivity index (χ3n) is 5.43. The monoisotopic (exact) mass is 473 g/mol. The number of aromatic nitrogens is 2. The first-order valence-corrected chi connectivity index (χ1v) is 12.7. The normalized spacial score (nSPS) is 16.4. The number of carbonyl (C=O) groups is 1. The molecule has 0 atom stereocenters. The fraction of sp³-hybridized carbons (Fsp3) is 0.522. The highest BCUT2D eigenvalue weighted by Crippen LogP contribution is 2.35. The largest absolute Gasteiger partial charge is 0.350 e. The standard InChI is InChI=1S/C23H31N5O2S2/c1-15-6-7-17(32-15)16-14-31-22-20(16)21(30)24-18(25-22)12-27-8-5-9-28(11-10-27)13-19(29)26-23(2,3)4/h6-7,14H,5,8-13H2,1-4H3,(H,26,29)(H,24,25,30). The maximum absolute atomic E-state index is 12.9. The average Bonchev–Trinajstić information content (AvgIpc) is 3.24. The zero-order valence-electron chi connectivity index (χ0n) is 19.2. The predicted octanol–water partition coefficient (Wildman–Crippen LogP) is 3.44. The van der Waals surface area contributed by atoms with E-state index in [9.17, 15) is 9.59 Å². The summed E-state index contributed by atoms with van der Waals surface area (Å²) >= 11 is 3.22. The van der Waals surface area contributed by atoms with Crippen molar-refractivity contribution in [3.8, 4) is 10.4 Å². The van der Waals surface area contributed by atoms with E-state index in [1.807, 2.05) is 26.2 Å². The molecule has 1 amide bonds. The molecule has 7 nitrogen and oxygen atoms in total. The Labute approximate surface area is 196 Å². The van der Waals surface area contributed by atoms with Crippen LogP contribution in [-0.4, -0.2) is 63.9 Å². The van der Waals surface area contributed by atoms with E-state index >= 15 is 0 Å². The molecule has 0 aliphatic carbocycles. The zero-order valence-corrected chi connectivity index (χ0v) is 20.8. The first-order valence-electron chi connectivity index (χ1n) is 11.0. The van der Waals surface area contributed by atoms with Gasteiger partial charge in [0.05, 0.1) is 18.5 Å². The van der Waals surface area contributed by atoms with Crippen LogP contribution in [0.4, 0.5) is 0 Å². The minimum atomic E-state index is -0.213. The van der Waals surface area contributed by atoms with Crippen molar-refractivity contribution in [3.05, 3.63) is 38.6 Å². The van der Waals surface area contributed by atoms with Gasteiger partial charge < -0.3 is 10.3 Å². The summed E-state index contributed by atoms with van der Waals surface area (Å²) in [7, 11) is 0. The lowest BCUT2D eigenvalue weighted by atomic mass is 10.1. The van der Waals surface area contributed by atoms with Crippen molar-refractivity contribution in [2.24, 2.45) is 0 Å². The molecule has 172 valence electrons. The molecule has 0 bridgehead atoms. The van der Waals surface area contributed by atoms with Crippen molar-refractivity contribution in [1.29, 1.82) is 0 Å². The Morgan fingerprint density at radius 2 is 1.94 bits per heavy atom. The number of nitrogens with zero attached hydrogens (tertiary/aromatic N) is 3. The highest BCUT2D eigenvalue weighted by atomic mass is 32.1. The molecule has 0 spiro atoms. The number of hydrogen-bond acceptors (Lipinski definition) is 7. The third-order valence-corrected chi connectivity index (χ3v) is 7.34. The maximum atomic E-state index is 12.9. The maximum Gasteiger partial charge on any atom is 0.260 e. The van der Waals surface area contributed by atoms with E-state index in [1.165, 1.54) is 16.2 Å². The van der Waals surface area contributed by atoms with Crippen molar-refractivity contribution in [2.75, 3.05) is 32.7 Å². The van der Waals surface area contributed by atoms with Gasteiger partial charge in [0, 0.05) is 39.3 Å². The number of aryl methyl sites for hydroxylation is 1. The Hall–Kier alpha value is -2.07. The molecule has 0 radical (unpaired) electrons. The highest BCUT2D eigenvalue weighted by molar-refractivity contribution is 7.19. The molecule has 9 heteroatoms. The van der Waals surface area contributed by atoms with Gasteiger partial charge in [0.25, 0.3) is 5.56 Å². The Morgan fingerprint density at radius 3 is 2.66 bits per heavy atom. The van der Waals surface area contributed by atoms with Gasteiger partial charge >= 0.3 is 0 Å². The Bertz CT molecular complexity index is 1160. The van der Waals surface area contributed by atoms with Crippen LogP contribution >= 0.6 is 22.7 Å². The SMILES string of the molecule is Cc1ccc(-c2csc3nc(CN4CCCN(CC(=O)NC(C)(C)C)CC4)[nH]c(=O)c23)s1. The molecule has 0 saturated carbocycles. The fourth-order valence-corrected chi connectivity index (χ4v) is 5.96. The number of aromatic amines is 1. The molecule has 2 N–H and O–H groups in total. The summed E-state index contributed by atoms with van der Waals surface area (Å²) in [5.74, 6) is 0.772. The van der Waals surface area contributed by atoms with Crippen LogP contribution in [0.2, 0.25) is 0 Å². The van der Waals surface area contributed by atoms with Gasteiger partial charge in [-0.2, -0.15) is 0 Å². The van der Waals surface area contributed by atoms with E-state index in [1.54, 1.807) is 11.3 Å². The van der Waals surface area contributed by atoms with Gasteiger partial charge in [0.1, 0.15) is 10.7 Å². The highest BCUT2D eigenvalue weighted by Gasteiger charge is 2.21. The van der Waals surface area contributed by atoms with Gasteiger partial charge in [-0.3, -0.25) is 19.4 Å². The molecule has 0 unspecified atom stereocenters. The van der Waals surface area contributed by atoms with Gasteiger partial charge in [0.2, 0.25) is 5.91 Å². The van der Waals surface area contributed by atoms with Crippen molar-refractivity contribution in [3.63, 3.8) is 0 Å². The Balaban J connectivity index is 1.42. The Kier molecular flexibility index (Phi) is 6.80. The number of carbonyl (C=O) groups excluding carboxylic acids is 1. The van der Waals surface area contributed by atoms with E-state index in [2.05, 4.69) is 39.2 Å². The van der Waals surface area contributed by atoms with Crippen LogP contribution in [0.25, 0.3) is 20.7 Å². The van der Waals surface area contributed by atoms with E-state index in [4.69, 9.17) is 4.98 Å². The van der Waals surface area contributed by atoms with Gasteiger partial charge in [-0.25, -0.2) is 4.98 Å². The molecular weight excluding hydrogens is 442 g/mol. The van der Waals surface area contributed by atoms with E-state index in [-0.39, 0.29) is 17.0 Å². The second-order valence-corrected chi connectivity index (χ2v) is 11.6. The van der Waals surface area contributed by atoms with Gasteiger partial charge in [0.15, 0.2) is 0 Å². The second kappa shape index (κ2) is 9.43. The van der Waals surface area contributed by atoms with Crippen LogP contribution in [0.1, 0.15) is 37.9 Å². The summed E-state index contributed by atoms with van der Waals surface area (Å²) in [5.41, 5.74) is 0.694. The van der Waals surface area contributed by atoms with Crippen LogP contribution in [0.3, 0.4) is 0 Å². The molecule has 3 aromatic heterocycles. The molecule has 1 aliphatic rings. The number of nitrogens with one attached hydrogen (secondary N) is 2. The molecule has 1 saturated heterocycles. The number of H-pyrrole nitrogens is 1. The van der Waals surface area contributed by atoms with Gasteiger partial charge in [-0.15, -0.1) is 22.7 Å². The second-order valence-electron chi connectivity index (χ2n) is 9.46. The third kappa shape index (κ3) is 5.64. The molecule has 4 rings (SSSR count). The lowest BCUT2D eigenvalue weighted by Crippen LogP contribution is -2.46. The fourth-order valence-electron chi connectivity index (χ4n) is 4.04. The summed E-state index contributed by atoms with van der Waals surface area (Å²) in [6, 6.07) is 4.15. The predicted molar refractivity (Wildman–Crippen MR) is 133 cm³/mol. The summed E-state index contributed by atoms with van der Waals surface area (Å²) in [6.45, 7) is 12.6. The number of thiophene rings is 2.